The molecule has 1 fully saturated rings. The molecule has 0 unspecified atom stereocenters. The Kier molecular flexibility index (Phi) is 8.16. The van der Waals surface area contributed by atoms with Gasteiger partial charge in [0, 0.05) is 18.8 Å². The van der Waals surface area contributed by atoms with Crippen molar-refractivity contribution in [1.29, 1.82) is 0 Å². The normalized spacial score (nSPS) is 13.6. The number of hydrogen-bond donors (Lipinski definition) is 2. The van der Waals surface area contributed by atoms with E-state index in [-0.39, 0.29) is 24.3 Å². The second kappa shape index (κ2) is 11.9. The number of nitrogens with one attached hydrogen (secondary N) is 1. The molecule has 0 aliphatic carbocycles. The van der Waals surface area contributed by atoms with Crippen LogP contribution in [0.2, 0.25) is 0 Å². The van der Waals surface area contributed by atoms with Gasteiger partial charge in [-0.25, -0.2) is 9.18 Å². The lowest BCUT2D eigenvalue weighted by atomic mass is 10.1. The van der Waals surface area contributed by atoms with E-state index in [1.54, 1.807) is 30.3 Å². The van der Waals surface area contributed by atoms with Gasteiger partial charge in [-0.3, -0.25) is 0 Å². The molecule has 0 atom stereocenters. The standard InChI is InChI=1S/C24H26FN7O4/c1-35-20-13-16(5-10-19(20)36-15-21(33)34)14-26-31-23-28-22(27-18-8-6-17(25)7-9-18)29-24(30-23)32-11-3-2-4-12-32/h5-10,13H,2-4,11-12,14-15H2,1H3,(H,33,34)(H,27,28,29,30). The number of carboxylic acids is 1. The summed E-state index contributed by atoms with van der Waals surface area (Å²) in [6, 6.07) is 11.0. The average molecular weight is 496 g/mol. The second-order valence-corrected chi connectivity index (χ2v) is 8.01. The van der Waals surface area contributed by atoms with E-state index in [9.17, 15) is 9.18 Å². The highest BCUT2D eigenvalue weighted by molar-refractivity contribution is 5.68. The van der Waals surface area contributed by atoms with Gasteiger partial charge < -0.3 is 24.8 Å². The van der Waals surface area contributed by atoms with Crippen LogP contribution in [0.5, 0.6) is 11.5 Å². The summed E-state index contributed by atoms with van der Waals surface area (Å²) in [5.41, 5.74) is 1.40. The first-order valence-electron chi connectivity index (χ1n) is 11.4. The number of rotatable bonds is 10. The molecular weight excluding hydrogens is 469 g/mol. The van der Waals surface area contributed by atoms with Gasteiger partial charge >= 0.3 is 5.97 Å². The zero-order chi connectivity index (χ0) is 25.3. The fraction of sp³-hybridized carbons (Fsp3) is 0.333. The molecule has 3 aromatic rings. The van der Waals surface area contributed by atoms with Crippen LogP contribution in [-0.4, -0.2) is 52.8 Å². The molecule has 36 heavy (non-hydrogen) atoms. The maximum atomic E-state index is 13.3. The van der Waals surface area contributed by atoms with Crippen molar-refractivity contribution in [1.82, 2.24) is 15.0 Å². The van der Waals surface area contributed by atoms with E-state index in [1.165, 1.54) is 25.7 Å². The van der Waals surface area contributed by atoms with Crippen molar-refractivity contribution in [2.45, 2.75) is 25.8 Å². The van der Waals surface area contributed by atoms with Crippen LogP contribution in [0.4, 0.5) is 27.9 Å². The minimum atomic E-state index is -1.08. The van der Waals surface area contributed by atoms with Crippen LogP contribution in [0.1, 0.15) is 24.8 Å². The Hall–Kier alpha value is -4.35. The molecule has 0 radical (unpaired) electrons. The third-order valence-electron chi connectivity index (χ3n) is 5.34. The van der Waals surface area contributed by atoms with Crippen molar-refractivity contribution in [3.05, 3.63) is 53.8 Å². The molecule has 1 aliphatic rings. The van der Waals surface area contributed by atoms with Crippen molar-refractivity contribution in [2.24, 2.45) is 10.2 Å². The number of aromatic nitrogens is 3. The lowest BCUT2D eigenvalue weighted by molar-refractivity contribution is -0.139. The Balaban J connectivity index is 1.52. The van der Waals surface area contributed by atoms with E-state index in [4.69, 9.17) is 14.6 Å². The van der Waals surface area contributed by atoms with Crippen LogP contribution in [0.15, 0.2) is 52.7 Å². The molecule has 2 N–H and O–H groups in total. The molecule has 1 saturated heterocycles. The number of carbonyl (C=O) groups is 1. The van der Waals surface area contributed by atoms with Gasteiger partial charge in [0.05, 0.1) is 13.7 Å². The van der Waals surface area contributed by atoms with Gasteiger partial charge in [-0.15, -0.1) is 5.11 Å². The fourth-order valence-electron chi connectivity index (χ4n) is 3.60. The molecule has 0 amide bonds. The third-order valence-corrected chi connectivity index (χ3v) is 5.34. The zero-order valence-corrected chi connectivity index (χ0v) is 19.7. The number of methoxy groups -OCH3 is 1. The van der Waals surface area contributed by atoms with E-state index in [1.807, 2.05) is 0 Å². The number of ether oxygens (including phenoxy) is 2. The number of piperidine rings is 1. The average Bonchev–Trinajstić information content (AvgIpc) is 2.89. The predicted octanol–water partition coefficient (Wildman–Crippen LogP) is 4.50. The minimum absolute atomic E-state index is 0.142. The first-order chi connectivity index (χ1) is 17.5. The molecule has 12 heteroatoms. The lowest BCUT2D eigenvalue weighted by Crippen LogP contribution is -2.31. The largest absolute Gasteiger partial charge is 0.493 e. The van der Waals surface area contributed by atoms with Crippen LogP contribution < -0.4 is 19.7 Å². The number of hydrogen-bond acceptors (Lipinski definition) is 10. The summed E-state index contributed by atoms with van der Waals surface area (Å²) in [4.78, 5) is 26.2. The summed E-state index contributed by atoms with van der Waals surface area (Å²) in [7, 11) is 1.47. The van der Waals surface area contributed by atoms with Gasteiger partial charge in [0.15, 0.2) is 18.1 Å². The number of anilines is 3. The Morgan fingerprint density at radius 1 is 1.08 bits per heavy atom. The number of nitrogens with zero attached hydrogens (tertiary/aromatic N) is 6. The summed E-state index contributed by atoms with van der Waals surface area (Å²) >= 11 is 0. The molecule has 0 bridgehead atoms. The Morgan fingerprint density at radius 2 is 1.86 bits per heavy atom. The summed E-state index contributed by atoms with van der Waals surface area (Å²) in [5, 5.41) is 20.3. The number of carboxylic acid groups (broad SMARTS) is 1. The number of aliphatic carboxylic acids is 1. The summed E-state index contributed by atoms with van der Waals surface area (Å²) < 4.78 is 23.8. The minimum Gasteiger partial charge on any atom is -0.493 e. The van der Waals surface area contributed by atoms with Gasteiger partial charge in [0.25, 0.3) is 5.95 Å². The van der Waals surface area contributed by atoms with Gasteiger partial charge in [0.1, 0.15) is 5.82 Å². The Bertz CT molecular complexity index is 1220. The van der Waals surface area contributed by atoms with Crippen molar-refractivity contribution in [3.63, 3.8) is 0 Å². The van der Waals surface area contributed by atoms with Crippen LogP contribution >= 0.6 is 0 Å². The predicted molar refractivity (Wildman–Crippen MR) is 130 cm³/mol. The summed E-state index contributed by atoms with van der Waals surface area (Å²) in [6.45, 7) is 1.42. The number of benzene rings is 2. The van der Waals surface area contributed by atoms with Gasteiger partial charge in [-0.2, -0.15) is 20.1 Å². The molecule has 0 spiro atoms. The first-order valence-corrected chi connectivity index (χ1v) is 11.4. The van der Waals surface area contributed by atoms with E-state index >= 15 is 0 Å². The molecule has 1 aromatic heterocycles. The van der Waals surface area contributed by atoms with Gasteiger partial charge in [0.2, 0.25) is 11.9 Å². The third kappa shape index (κ3) is 6.84. The van der Waals surface area contributed by atoms with E-state index < -0.39 is 12.6 Å². The fourth-order valence-corrected chi connectivity index (χ4v) is 3.60. The first kappa shape index (κ1) is 24.8. The molecule has 2 heterocycles. The molecule has 0 saturated carbocycles. The molecule has 11 nitrogen and oxygen atoms in total. The topological polar surface area (TPSA) is 134 Å². The van der Waals surface area contributed by atoms with Gasteiger partial charge in [-0.05, 0) is 61.2 Å². The van der Waals surface area contributed by atoms with Crippen LogP contribution in [0.3, 0.4) is 0 Å². The van der Waals surface area contributed by atoms with Crippen LogP contribution in [0, 0.1) is 5.82 Å². The highest BCUT2D eigenvalue weighted by Gasteiger charge is 2.16. The van der Waals surface area contributed by atoms with Crippen LogP contribution in [0.25, 0.3) is 0 Å². The van der Waals surface area contributed by atoms with Gasteiger partial charge in [-0.1, -0.05) is 6.07 Å². The summed E-state index contributed by atoms with van der Waals surface area (Å²) in [6.07, 6.45) is 3.27. The monoisotopic (exact) mass is 495 g/mol. The molecular formula is C24H26FN7O4. The lowest BCUT2D eigenvalue weighted by Gasteiger charge is -2.26. The second-order valence-electron chi connectivity index (χ2n) is 8.01. The van der Waals surface area contributed by atoms with E-state index in [2.05, 4.69) is 35.4 Å². The van der Waals surface area contributed by atoms with E-state index in [0.717, 1.165) is 31.5 Å². The molecule has 1 aliphatic heterocycles. The maximum Gasteiger partial charge on any atom is 0.341 e. The highest BCUT2D eigenvalue weighted by Crippen LogP contribution is 2.29. The molecule has 4 rings (SSSR count). The van der Waals surface area contributed by atoms with Crippen molar-refractivity contribution in [2.75, 3.05) is 37.0 Å². The van der Waals surface area contributed by atoms with Crippen LogP contribution in [-0.2, 0) is 11.3 Å². The zero-order valence-electron chi connectivity index (χ0n) is 19.7. The number of azo groups is 1. The van der Waals surface area contributed by atoms with Crippen molar-refractivity contribution < 1.29 is 23.8 Å². The van der Waals surface area contributed by atoms with Crippen molar-refractivity contribution in [3.8, 4) is 11.5 Å². The van der Waals surface area contributed by atoms with E-state index in [0.29, 0.717) is 23.1 Å². The van der Waals surface area contributed by atoms with Crippen molar-refractivity contribution >= 4 is 29.5 Å². The SMILES string of the molecule is COc1cc(CN=Nc2nc(Nc3ccc(F)cc3)nc(N3CCCCC3)n2)ccc1OCC(=O)O. The highest BCUT2D eigenvalue weighted by atomic mass is 19.1. The summed E-state index contributed by atoms with van der Waals surface area (Å²) in [5.74, 6) is 0.228. The Labute approximate surface area is 207 Å². The Morgan fingerprint density at radius 3 is 2.58 bits per heavy atom. The quantitative estimate of drug-likeness (QED) is 0.390. The molecule has 188 valence electrons. The maximum absolute atomic E-state index is 13.3. The molecule has 2 aromatic carbocycles. The number of halogens is 1. The smallest absolute Gasteiger partial charge is 0.341 e.